The number of benzene rings is 1. The first-order valence-corrected chi connectivity index (χ1v) is 4.99. The molecule has 0 aliphatic rings. The van der Waals surface area contributed by atoms with Gasteiger partial charge in [0, 0.05) is 5.39 Å². The molecule has 0 amide bonds. The lowest BCUT2D eigenvalue weighted by atomic mass is 10.2. The fourth-order valence-corrected chi connectivity index (χ4v) is 1.52. The van der Waals surface area contributed by atoms with Crippen molar-refractivity contribution in [3.63, 3.8) is 0 Å². The minimum absolute atomic E-state index is 0.225. The van der Waals surface area contributed by atoms with Crippen LogP contribution in [0.25, 0.3) is 11.0 Å². The van der Waals surface area contributed by atoms with Crippen LogP contribution in [0.3, 0.4) is 0 Å². The standard InChI is InChI=1S/C12H15NO2/c1-8(13-2)12-7-9-6-10(14-3)4-5-11(9)15-12/h4-8,13H,1-3H3. The average Bonchev–Trinajstić information content (AvgIpc) is 2.70. The van der Waals surface area contributed by atoms with E-state index in [9.17, 15) is 0 Å². The van der Waals surface area contributed by atoms with Gasteiger partial charge in [-0.25, -0.2) is 0 Å². The van der Waals surface area contributed by atoms with Crippen molar-refractivity contribution < 1.29 is 9.15 Å². The number of nitrogens with one attached hydrogen (secondary N) is 1. The van der Waals surface area contributed by atoms with Crippen LogP contribution in [-0.4, -0.2) is 14.2 Å². The van der Waals surface area contributed by atoms with E-state index in [0.29, 0.717) is 0 Å². The fraction of sp³-hybridized carbons (Fsp3) is 0.333. The second-order valence-corrected chi connectivity index (χ2v) is 3.56. The van der Waals surface area contributed by atoms with Gasteiger partial charge in [-0.2, -0.15) is 0 Å². The van der Waals surface area contributed by atoms with Crippen molar-refractivity contribution in [2.75, 3.05) is 14.2 Å². The summed E-state index contributed by atoms with van der Waals surface area (Å²) < 4.78 is 10.9. The van der Waals surface area contributed by atoms with Crippen molar-refractivity contribution in [3.8, 4) is 5.75 Å². The summed E-state index contributed by atoms with van der Waals surface area (Å²) in [5, 5.41) is 4.22. The fourth-order valence-electron chi connectivity index (χ4n) is 1.52. The molecule has 1 aromatic heterocycles. The van der Waals surface area contributed by atoms with Gasteiger partial charge < -0.3 is 14.5 Å². The van der Waals surface area contributed by atoms with Crippen LogP contribution in [0.4, 0.5) is 0 Å². The summed E-state index contributed by atoms with van der Waals surface area (Å²) in [6, 6.07) is 8.08. The zero-order valence-corrected chi connectivity index (χ0v) is 9.20. The SMILES string of the molecule is CNC(C)c1cc2cc(OC)ccc2o1. The maximum Gasteiger partial charge on any atom is 0.134 e. The lowest BCUT2D eigenvalue weighted by Crippen LogP contribution is -2.10. The van der Waals surface area contributed by atoms with E-state index in [1.807, 2.05) is 31.3 Å². The van der Waals surface area contributed by atoms with Crippen LogP contribution in [0.5, 0.6) is 5.75 Å². The van der Waals surface area contributed by atoms with Gasteiger partial charge in [-0.05, 0) is 38.2 Å². The summed E-state index contributed by atoms with van der Waals surface area (Å²) in [5.41, 5.74) is 0.896. The van der Waals surface area contributed by atoms with E-state index in [4.69, 9.17) is 9.15 Å². The van der Waals surface area contributed by atoms with E-state index >= 15 is 0 Å². The van der Waals surface area contributed by atoms with Crippen LogP contribution in [-0.2, 0) is 0 Å². The molecule has 0 radical (unpaired) electrons. The van der Waals surface area contributed by atoms with Crippen LogP contribution < -0.4 is 10.1 Å². The van der Waals surface area contributed by atoms with Gasteiger partial charge in [-0.3, -0.25) is 0 Å². The van der Waals surface area contributed by atoms with Gasteiger partial charge in [0.2, 0.25) is 0 Å². The summed E-state index contributed by atoms with van der Waals surface area (Å²) in [6.07, 6.45) is 0. The van der Waals surface area contributed by atoms with Crippen LogP contribution in [0.2, 0.25) is 0 Å². The zero-order chi connectivity index (χ0) is 10.8. The van der Waals surface area contributed by atoms with Gasteiger partial charge >= 0.3 is 0 Å². The van der Waals surface area contributed by atoms with Crippen molar-refractivity contribution in [1.82, 2.24) is 5.32 Å². The normalized spacial score (nSPS) is 13.0. The zero-order valence-electron chi connectivity index (χ0n) is 9.20. The molecule has 1 N–H and O–H groups in total. The minimum Gasteiger partial charge on any atom is -0.497 e. The van der Waals surface area contributed by atoms with Crippen LogP contribution in [0, 0.1) is 0 Å². The van der Waals surface area contributed by atoms with Crippen molar-refractivity contribution >= 4 is 11.0 Å². The molecule has 2 aromatic rings. The number of fused-ring (bicyclic) bond motifs is 1. The van der Waals surface area contributed by atoms with Crippen molar-refractivity contribution in [3.05, 3.63) is 30.0 Å². The van der Waals surface area contributed by atoms with Gasteiger partial charge in [0.25, 0.3) is 0 Å². The van der Waals surface area contributed by atoms with Gasteiger partial charge in [0.15, 0.2) is 0 Å². The highest BCUT2D eigenvalue weighted by Crippen LogP contribution is 2.26. The molecule has 80 valence electrons. The molecule has 15 heavy (non-hydrogen) atoms. The summed E-state index contributed by atoms with van der Waals surface area (Å²) >= 11 is 0. The first-order chi connectivity index (χ1) is 7.24. The average molecular weight is 205 g/mol. The largest absolute Gasteiger partial charge is 0.497 e. The molecule has 0 bridgehead atoms. The molecule has 3 heteroatoms. The van der Waals surface area contributed by atoms with Crippen molar-refractivity contribution in [2.24, 2.45) is 0 Å². The molecule has 1 heterocycles. The third-order valence-electron chi connectivity index (χ3n) is 2.60. The molecule has 3 nitrogen and oxygen atoms in total. The number of furan rings is 1. The maximum atomic E-state index is 5.70. The molecule has 0 aliphatic heterocycles. The van der Waals surface area contributed by atoms with Gasteiger partial charge in [-0.1, -0.05) is 0 Å². The second-order valence-electron chi connectivity index (χ2n) is 3.56. The summed E-state index contributed by atoms with van der Waals surface area (Å²) in [4.78, 5) is 0. The summed E-state index contributed by atoms with van der Waals surface area (Å²) in [6.45, 7) is 2.06. The third kappa shape index (κ3) is 1.83. The molecule has 0 fully saturated rings. The van der Waals surface area contributed by atoms with Gasteiger partial charge in [0.05, 0.1) is 13.2 Å². The third-order valence-corrected chi connectivity index (χ3v) is 2.60. The molecule has 0 saturated carbocycles. The molecular formula is C12H15NO2. The Morgan fingerprint density at radius 1 is 1.33 bits per heavy atom. The van der Waals surface area contributed by atoms with E-state index in [0.717, 1.165) is 22.5 Å². The first kappa shape index (κ1) is 10.1. The lowest BCUT2D eigenvalue weighted by molar-refractivity contribution is 0.415. The van der Waals surface area contributed by atoms with Gasteiger partial charge in [-0.15, -0.1) is 0 Å². The summed E-state index contributed by atoms with van der Waals surface area (Å²) in [5.74, 6) is 1.80. The molecular weight excluding hydrogens is 190 g/mol. The number of rotatable bonds is 3. The predicted molar refractivity (Wildman–Crippen MR) is 60.2 cm³/mol. The van der Waals surface area contributed by atoms with Crippen LogP contribution >= 0.6 is 0 Å². The number of methoxy groups -OCH3 is 1. The monoisotopic (exact) mass is 205 g/mol. The second kappa shape index (κ2) is 3.95. The van der Waals surface area contributed by atoms with Crippen molar-refractivity contribution in [1.29, 1.82) is 0 Å². The Balaban J connectivity index is 2.46. The predicted octanol–water partition coefficient (Wildman–Crippen LogP) is 2.72. The smallest absolute Gasteiger partial charge is 0.134 e. The Hall–Kier alpha value is -1.48. The summed E-state index contributed by atoms with van der Waals surface area (Å²) in [7, 11) is 3.58. The first-order valence-electron chi connectivity index (χ1n) is 4.99. The Labute approximate surface area is 89.0 Å². The van der Waals surface area contributed by atoms with E-state index in [1.165, 1.54) is 0 Å². The van der Waals surface area contributed by atoms with Crippen LogP contribution in [0.15, 0.2) is 28.7 Å². The number of hydrogen-bond acceptors (Lipinski definition) is 3. The highest BCUT2D eigenvalue weighted by molar-refractivity contribution is 5.79. The minimum atomic E-state index is 0.225. The molecule has 1 aromatic carbocycles. The molecule has 0 aliphatic carbocycles. The van der Waals surface area contributed by atoms with Crippen LogP contribution in [0.1, 0.15) is 18.7 Å². The molecule has 2 rings (SSSR count). The van der Waals surface area contributed by atoms with E-state index in [1.54, 1.807) is 7.11 Å². The highest BCUT2D eigenvalue weighted by Gasteiger charge is 2.09. The highest BCUT2D eigenvalue weighted by atomic mass is 16.5. The number of ether oxygens (including phenoxy) is 1. The molecule has 0 saturated heterocycles. The lowest BCUT2D eigenvalue weighted by Gasteiger charge is -2.04. The number of hydrogen-bond donors (Lipinski definition) is 1. The Kier molecular flexibility index (Phi) is 2.64. The van der Waals surface area contributed by atoms with E-state index in [2.05, 4.69) is 12.2 Å². The van der Waals surface area contributed by atoms with E-state index < -0.39 is 0 Å². The van der Waals surface area contributed by atoms with Crippen molar-refractivity contribution in [2.45, 2.75) is 13.0 Å². The maximum absolute atomic E-state index is 5.70. The quantitative estimate of drug-likeness (QED) is 0.836. The van der Waals surface area contributed by atoms with Gasteiger partial charge in [0.1, 0.15) is 17.1 Å². The molecule has 1 unspecified atom stereocenters. The topological polar surface area (TPSA) is 34.4 Å². The van der Waals surface area contributed by atoms with E-state index in [-0.39, 0.29) is 6.04 Å². The Morgan fingerprint density at radius 3 is 2.80 bits per heavy atom. The molecule has 1 atom stereocenters. The molecule has 0 spiro atoms. The Morgan fingerprint density at radius 2 is 2.13 bits per heavy atom. The Bertz CT molecular complexity index is 462.